The van der Waals surface area contributed by atoms with Crippen molar-refractivity contribution in [2.24, 2.45) is 0 Å². The maximum atomic E-state index is 11.8. The molecule has 6 heteroatoms. The van der Waals surface area contributed by atoms with E-state index in [9.17, 15) is 14.4 Å². The maximum absolute atomic E-state index is 11.8. The van der Waals surface area contributed by atoms with Crippen LogP contribution in [0.4, 0.5) is 0 Å². The van der Waals surface area contributed by atoms with Crippen LogP contribution in [0.5, 0.6) is 11.5 Å². The molecule has 100 valence electrons. The molecule has 1 unspecified atom stereocenters. The second-order valence-corrected chi connectivity index (χ2v) is 4.25. The molecule has 0 bridgehead atoms. The molecule has 0 spiro atoms. The molecule has 19 heavy (non-hydrogen) atoms. The first kappa shape index (κ1) is 13.1. The van der Waals surface area contributed by atoms with E-state index in [2.05, 4.69) is 0 Å². The topological polar surface area (TPSA) is 83.9 Å². The number of phenolic OH excluding ortho intramolecular Hbond substituents is 1. The van der Waals surface area contributed by atoms with Gasteiger partial charge in [-0.05, 0) is 31.2 Å². The highest BCUT2D eigenvalue weighted by atomic mass is 16.5. The molecule has 0 saturated carbocycles. The number of imide groups is 1. The van der Waals surface area contributed by atoms with E-state index >= 15 is 0 Å². The van der Waals surface area contributed by atoms with Gasteiger partial charge in [-0.3, -0.25) is 14.5 Å². The Hall–Kier alpha value is -2.37. The monoisotopic (exact) mass is 263 g/mol. The summed E-state index contributed by atoms with van der Waals surface area (Å²) < 4.78 is 5.04. The molecule has 6 nitrogen and oxygen atoms in total. The first-order valence-corrected chi connectivity index (χ1v) is 5.84. The Morgan fingerprint density at radius 1 is 1.21 bits per heavy atom. The molecular formula is C13H13NO5. The largest absolute Gasteiger partial charge is 0.508 e. The zero-order valence-corrected chi connectivity index (χ0v) is 10.3. The predicted molar refractivity (Wildman–Crippen MR) is 64.3 cm³/mol. The summed E-state index contributed by atoms with van der Waals surface area (Å²) in [6.45, 7) is 1.45. The minimum absolute atomic E-state index is 0.0535. The van der Waals surface area contributed by atoms with Crippen LogP contribution in [-0.2, 0) is 14.4 Å². The zero-order valence-electron chi connectivity index (χ0n) is 10.3. The van der Waals surface area contributed by atoms with Crippen LogP contribution in [0.3, 0.4) is 0 Å². The number of likely N-dealkylation sites (tertiary alicyclic amines) is 1. The molecule has 2 rings (SSSR count). The van der Waals surface area contributed by atoms with E-state index < -0.39 is 12.0 Å². The molecule has 1 saturated heterocycles. The highest BCUT2D eigenvalue weighted by Crippen LogP contribution is 2.19. The van der Waals surface area contributed by atoms with Crippen molar-refractivity contribution in [3.63, 3.8) is 0 Å². The van der Waals surface area contributed by atoms with Gasteiger partial charge in [0.2, 0.25) is 11.8 Å². The minimum Gasteiger partial charge on any atom is -0.508 e. The highest BCUT2D eigenvalue weighted by Gasteiger charge is 2.37. The molecule has 2 amide bonds. The average molecular weight is 263 g/mol. The standard InChI is InChI=1S/C13H13NO5/c1-8(14-11(16)6-7-12(14)17)13(18)19-10-4-2-9(15)3-5-10/h2-5,8,15H,6-7H2,1H3. The fourth-order valence-electron chi connectivity index (χ4n) is 1.85. The van der Waals surface area contributed by atoms with Crippen LogP contribution >= 0.6 is 0 Å². The molecule has 1 fully saturated rings. The van der Waals surface area contributed by atoms with Gasteiger partial charge in [0, 0.05) is 12.8 Å². The molecule has 1 heterocycles. The number of carbonyl (C=O) groups excluding carboxylic acids is 3. The Morgan fingerprint density at radius 2 is 1.74 bits per heavy atom. The number of benzene rings is 1. The van der Waals surface area contributed by atoms with Gasteiger partial charge in [0.25, 0.3) is 0 Å². The molecule has 1 aliphatic heterocycles. The number of hydrogen-bond donors (Lipinski definition) is 1. The van der Waals surface area contributed by atoms with Crippen LogP contribution in [0, 0.1) is 0 Å². The lowest BCUT2D eigenvalue weighted by Crippen LogP contribution is -2.44. The molecule has 1 N–H and O–H groups in total. The number of phenols is 1. The second kappa shape index (κ2) is 5.09. The van der Waals surface area contributed by atoms with Crippen LogP contribution in [-0.4, -0.2) is 33.8 Å². The lowest BCUT2D eigenvalue weighted by atomic mass is 10.3. The van der Waals surface area contributed by atoms with Crippen molar-refractivity contribution in [2.45, 2.75) is 25.8 Å². The third-order valence-electron chi connectivity index (χ3n) is 2.87. The predicted octanol–water partition coefficient (Wildman–Crippen LogP) is 0.835. The second-order valence-electron chi connectivity index (χ2n) is 4.25. The number of rotatable bonds is 3. The Bertz CT molecular complexity index is 506. The highest BCUT2D eigenvalue weighted by molar-refractivity contribution is 6.05. The Kier molecular flexibility index (Phi) is 3.50. The molecule has 1 aromatic carbocycles. The summed E-state index contributed by atoms with van der Waals surface area (Å²) in [6.07, 6.45) is 0.269. The van der Waals surface area contributed by atoms with Gasteiger partial charge in [-0.2, -0.15) is 0 Å². The number of aromatic hydroxyl groups is 1. The van der Waals surface area contributed by atoms with Crippen LogP contribution < -0.4 is 4.74 Å². The number of nitrogens with zero attached hydrogens (tertiary/aromatic N) is 1. The smallest absolute Gasteiger partial charge is 0.334 e. The third kappa shape index (κ3) is 2.73. The average Bonchev–Trinajstić information content (AvgIpc) is 2.71. The number of amides is 2. The van der Waals surface area contributed by atoms with E-state index in [0.29, 0.717) is 0 Å². The summed E-state index contributed by atoms with van der Waals surface area (Å²) in [5.74, 6) is -1.11. The molecule has 1 aromatic rings. The van der Waals surface area contributed by atoms with E-state index in [1.807, 2.05) is 0 Å². The van der Waals surface area contributed by atoms with Gasteiger partial charge in [-0.25, -0.2) is 4.79 Å². The van der Waals surface area contributed by atoms with E-state index in [0.717, 1.165) is 4.90 Å². The Labute approximate surface area is 109 Å². The van der Waals surface area contributed by atoms with Crippen LogP contribution in [0.15, 0.2) is 24.3 Å². The van der Waals surface area contributed by atoms with Crippen molar-refractivity contribution < 1.29 is 24.2 Å². The summed E-state index contributed by atoms with van der Waals surface area (Å²) in [5.41, 5.74) is 0. The lowest BCUT2D eigenvalue weighted by molar-refractivity contribution is -0.151. The first-order valence-electron chi connectivity index (χ1n) is 5.84. The fraction of sp³-hybridized carbons (Fsp3) is 0.308. The summed E-state index contributed by atoms with van der Waals surface area (Å²) in [7, 11) is 0. The first-order chi connectivity index (χ1) is 8.99. The Morgan fingerprint density at radius 3 is 2.26 bits per heavy atom. The minimum atomic E-state index is -0.948. The van der Waals surface area contributed by atoms with Gasteiger partial charge in [-0.15, -0.1) is 0 Å². The molecule has 0 aromatic heterocycles. The van der Waals surface area contributed by atoms with Crippen molar-refractivity contribution in [3.05, 3.63) is 24.3 Å². The summed E-state index contributed by atoms with van der Waals surface area (Å²) in [6, 6.07) is 4.65. The van der Waals surface area contributed by atoms with Crippen molar-refractivity contribution in [3.8, 4) is 11.5 Å². The SMILES string of the molecule is CC(C(=O)Oc1ccc(O)cc1)N1C(=O)CCC1=O. The van der Waals surface area contributed by atoms with Gasteiger partial charge >= 0.3 is 5.97 Å². The Balaban J connectivity index is 2.05. The summed E-state index contributed by atoms with van der Waals surface area (Å²) in [5, 5.41) is 9.10. The molecule has 0 aliphatic carbocycles. The van der Waals surface area contributed by atoms with E-state index in [1.54, 1.807) is 0 Å². The summed E-state index contributed by atoms with van der Waals surface area (Å²) in [4.78, 5) is 35.8. The fourth-order valence-corrected chi connectivity index (χ4v) is 1.85. The molecule has 0 radical (unpaired) electrons. The maximum Gasteiger partial charge on any atom is 0.334 e. The van der Waals surface area contributed by atoms with Crippen LogP contribution in [0.1, 0.15) is 19.8 Å². The molecular weight excluding hydrogens is 250 g/mol. The normalized spacial score (nSPS) is 16.6. The quantitative estimate of drug-likeness (QED) is 0.496. The van der Waals surface area contributed by atoms with E-state index in [1.165, 1.54) is 31.2 Å². The van der Waals surface area contributed by atoms with Crippen LogP contribution in [0.25, 0.3) is 0 Å². The third-order valence-corrected chi connectivity index (χ3v) is 2.87. The van der Waals surface area contributed by atoms with E-state index in [-0.39, 0.29) is 36.2 Å². The van der Waals surface area contributed by atoms with Crippen molar-refractivity contribution in [2.75, 3.05) is 0 Å². The van der Waals surface area contributed by atoms with Crippen molar-refractivity contribution >= 4 is 17.8 Å². The number of carbonyl (C=O) groups is 3. The molecule has 1 atom stereocenters. The van der Waals surface area contributed by atoms with Gasteiger partial charge in [0.15, 0.2) is 0 Å². The lowest BCUT2D eigenvalue weighted by Gasteiger charge is -2.20. The van der Waals surface area contributed by atoms with Crippen molar-refractivity contribution in [1.29, 1.82) is 0 Å². The van der Waals surface area contributed by atoms with E-state index in [4.69, 9.17) is 9.84 Å². The van der Waals surface area contributed by atoms with Crippen molar-refractivity contribution in [1.82, 2.24) is 4.90 Å². The number of ether oxygens (including phenoxy) is 1. The van der Waals surface area contributed by atoms with Gasteiger partial charge < -0.3 is 9.84 Å². The number of esters is 1. The number of hydrogen-bond acceptors (Lipinski definition) is 5. The van der Waals surface area contributed by atoms with Gasteiger partial charge in [0.05, 0.1) is 0 Å². The van der Waals surface area contributed by atoms with Crippen LogP contribution in [0.2, 0.25) is 0 Å². The zero-order chi connectivity index (χ0) is 14.0. The molecule has 1 aliphatic rings. The van der Waals surface area contributed by atoms with Gasteiger partial charge in [0.1, 0.15) is 17.5 Å². The van der Waals surface area contributed by atoms with Gasteiger partial charge in [-0.1, -0.05) is 0 Å². The summed E-state index contributed by atoms with van der Waals surface area (Å²) >= 11 is 0.